The lowest BCUT2D eigenvalue weighted by molar-refractivity contribution is 0.101. The summed E-state index contributed by atoms with van der Waals surface area (Å²) in [5.74, 6) is 2.85. The number of carbonyl (C=O) groups excluding carboxylic acids is 1. The van der Waals surface area contributed by atoms with Gasteiger partial charge in [-0.15, -0.1) is 0 Å². The molecule has 0 radical (unpaired) electrons. The molecule has 11 rings (SSSR count). The van der Waals surface area contributed by atoms with Crippen molar-refractivity contribution in [3.8, 4) is 17.2 Å². The molecule has 0 bridgehead atoms. The van der Waals surface area contributed by atoms with Crippen LogP contribution in [-0.4, -0.2) is 55.6 Å². The van der Waals surface area contributed by atoms with Crippen molar-refractivity contribution in [3.05, 3.63) is 332 Å². The molecule has 6 heteroatoms. The highest BCUT2D eigenvalue weighted by molar-refractivity contribution is 5.93. The molecule has 104 heavy (non-hydrogen) atoms. The summed E-state index contributed by atoms with van der Waals surface area (Å²) in [5, 5.41) is 5.24. The molecule has 0 atom stereocenters. The number of ether oxygens (including phenoxy) is 5. The van der Waals surface area contributed by atoms with E-state index >= 15 is 0 Å². The molecule has 0 amide bonds. The maximum atomic E-state index is 10.6. The molecule has 0 heterocycles. The number of fused-ring (bicyclic) bond motifs is 2. The van der Waals surface area contributed by atoms with Crippen LogP contribution in [0.25, 0.3) is 21.5 Å². The Labute approximate surface area is 646 Å². The lowest BCUT2D eigenvalue weighted by atomic mass is 10.1. The number of hydrogen-bond donors (Lipinski definition) is 0. The Morgan fingerprint density at radius 1 is 0.202 bits per heavy atom. The minimum atomic E-state index is 0. The highest BCUT2D eigenvalue weighted by Crippen LogP contribution is 2.13. The van der Waals surface area contributed by atoms with E-state index in [1.54, 1.807) is 56.7 Å². The molecule has 0 aliphatic carbocycles. The molecule has 0 saturated heterocycles. The van der Waals surface area contributed by atoms with E-state index in [0.717, 1.165) is 22.8 Å². The third-order valence-corrected chi connectivity index (χ3v) is 10.3. The Bertz CT molecular complexity index is 2680. The number of methoxy groups -OCH3 is 5. The minimum Gasteiger partial charge on any atom is -0.497 e. The second kappa shape index (κ2) is 118. The standard InChI is InChI=1S/2C10H8.C8H8O.3C7H8O.3C7H8.2C2H6O.10C2H6.4CH4/c2*1-2-6-10-8-4-3-7-9(10)5-1;1-7(9)8-5-3-2-4-6-8;3*1-8-7-5-3-2-4-6-7;3*1-7-5-3-2-4-6-7;2*1-3-2;10*1-2;;;;/h2*1-8H;2-6H,1H3;3*2-6H,1H3;3*2-6H,1H3;2*1-2H3;10*1-2H3;4*1H4. The fourth-order valence-corrected chi connectivity index (χ4v) is 6.21. The summed E-state index contributed by atoms with van der Waals surface area (Å²) in [4.78, 5) is 10.6. The Balaban J connectivity index is -0.0000000700. The lowest BCUT2D eigenvalue weighted by Crippen LogP contribution is -1.88. The van der Waals surface area contributed by atoms with Crippen LogP contribution in [0.15, 0.2) is 309 Å². The Kier molecular flexibility index (Phi) is 145. The van der Waals surface area contributed by atoms with Gasteiger partial charge in [-0.1, -0.05) is 458 Å². The zero-order valence-electron chi connectivity index (χ0n) is 68.9. The molecule has 0 aliphatic heterocycles. The molecule has 11 aromatic carbocycles. The van der Waals surface area contributed by atoms with Gasteiger partial charge in [-0.3, -0.25) is 4.79 Å². The van der Waals surface area contributed by atoms with Crippen molar-refractivity contribution in [2.45, 2.75) is 196 Å². The quantitative estimate of drug-likeness (QED) is 0.164. The molecule has 588 valence electrons. The Morgan fingerprint density at radius 3 is 0.404 bits per heavy atom. The molecule has 0 fully saturated rings. The maximum absolute atomic E-state index is 10.6. The summed E-state index contributed by atoms with van der Waals surface area (Å²) in [7, 11) is 11.5. The van der Waals surface area contributed by atoms with Gasteiger partial charge in [0.1, 0.15) is 17.2 Å². The van der Waals surface area contributed by atoms with Crippen LogP contribution in [0.2, 0.25) is 0 Å². The monoisotopic (exact) mass is 1430 g/mol. The van der Waals surface area contributed by atoms with E-state index in [4.69, 9.17) is 14.2 Å². The third-order valence-electron chi connectivity index (χ3n) is 10.3. The number of benzene rings is 11. The molecular weight excluding hydrogens is 1270 g/mol. The topological polar surface area (TPSA) is 63.2 Å². The van der Waals surface area contributed by atoms with Gasteiger partial charge in [0.25, 0.3) is 0 Å². The van der Waals surface area contributed by atoms with Crippen molar-refractivity contribution in [2.24, 2.45) is 0 Å². The highest BCUT2D eigenvalue weighted by Gasteiger charge is 1.93. The normalized spacial score (nSPS) is 7.38. The van der Waals surface area contributed by atoms with Crippen LogP contribution >= 0.6 is 0 Å². The van der Waals surface area contributed by atoms with Crippen LogP contribution in [0.3, 0.4) is 0 Å². The molecule has 0 aliphatic rings. The highest BCUT2D eigenvalue weighted by atomic mass is 16.5. The summed E-state index contributed by atoms with van der Waals surface area (Å²) in [6, 6.07) is 102. The third kappa shape index (κ3) is 90.9. The van der Waals surface area contributed by atoms with E-state index in [2.05, 4.69) is 164 Å². The van der Waals surface area contributed by atoms with E-state index in [0.29, 0.717) is 0 Å². The number of rotatable bonds is 4. The van der Waals surface area contributed by atoms with Crippen LogP contribution in [-0.2, 0) is 9.47 Å². The predicted molar refractivity (Wildman–Crippen MR) is 483 cm³/mol. The van der Waals surface area contributed by atoms with E-state index in [1.165, 1.54) is 38.2 Å². The fraction of sp³-hybridized carbons (Fsp3) is 0.357. The van der Waals surface area contributed by atoms with Gasteiger partial charge in [0.15, 0.2) is 5.78 Å². The zero-order chi connectivity index (χ0) is 78.5. The number of para-hydroxylation sites is 3. The Morgan fingerprint density at radius 2 is 0.317 bits per heavy atom. The van der Waals surface area contributed by atoms with Crippen molar-refractivity contribution in [3.63, 3.8) is 0 Å². The average molecular weight is 1430 g/mol. The van der Waals surface area contributed by atoms with Crippen molar-refractivity contribution in [2.75, 3.05) is 49.8 Å². The summed E-state index contributed by atoms with van der Waals surface area (Å²) < 4.78 is 23.2. The number of Topliss-reactive ketones (excluding diaryl/α,β-unsaturated/α-hetero) is 1. The first-order valence-corrected chi connectivity index (χ1v) is 36.1. The van der Waals surface area contributed by atoms with Crippen LogP contribution in [0.5, 0.6) is 17.2 Å². The van der Waals surface area contributed by atoms with Gasteiger partial charge in [-0.2, -0.15) is 0 Å². The van der Waals surface area contributed by atoms with Gasteiger partial charge < -0.3 is 23.7 Å². The van der Waals surface area contributed by atoms with Crippen LogP contribution < -0.4 is 14.2 Å². The second-order valence-electron chi connectivity index (χ2n) is 16.9. The van der Waals surface area contributed by atoms with Crippen molar-refractivity contribution in [1.82, 2.24) is 0 Å². The maximum Gasteiger partial charge on any atom is 0.159 e. The summed E-state index contributed by atoms with van der Waals surface area (Å²) in [6.45, 7) is 47.8. The summed E-state index contributed by atoms with van der Waals surface area (Å²) >= 11 is 0. The predicted octanol–water partition coefficient (Wildman–Crippen LogP) is 32.0. The molecule has 0 saturated carbocycles. The van der Waals surface area contributed by atoms with Crippen LogP contribution in [0, 0.1) is 20.8 Å². The molecular formula is C98H160O6. The number of carbonyl (C=O) groups is 1. The van der Waals surface area contributed by atoms with Gasteiger partial charge >= 0.3 is 0 Å². The summed E-state index contributed by atoms with van der Waals surface area (Å²) in [6.07, 6.45) is 0. The Hall–Kier alpha value is -9.07. The lowest BCUT2D eigenvalue weighted by Gasteiger charge is -1.93. The van der Waals surface area contributed by atoms with Crippen molar-refractivity contribution >= 4 is 27.3 Å². The first-order valence-electron chi connectivity index (χ1n) is 36.1. The van der Waals surface area contributed by atoms with E-state index in [9.17, 15) is 4.79 Å². The SMILES string of the molecule is C.C.C.C.CC.CC.CC.CC.CC.CC.CC.CC.CC.CC.CC(=O)c1ccccc1.COC.COC.COc1ccccc1.COc1ccccc1.COc1ccccc1.Cc1ccccc1.Cc1ccccc1.Cc1ccccc1.c1ccc2ccccc2c1.c1ccc2ccccc2c1. The fourth-order valence-electron chi connectivity index (χ4n) is 6.21. The first-order chi connectivity index (χ1) is 49.0. The largest absolute Gasteiger partial charge is 0.497 e. The molecule has 11 aromatic rings. The van der Waals surface area contributed by atoms with Gasteiger partial charge in [0.2, 0.25) is 0 Å². The van der Waals surface area contributed by atoms with Gasteiger partial charge in [-0.05, 0) is 85.6 Å². The van der Waals surface area contributed by atoms with Gasteiger partial charge in [-0.25, -0.2) is 0 Å². The minimum absolute atomic E-state index is 0. The van der Waals surface area contributed by atoms with Gasteiger partial charge in [0, 0.05) is 34.0 Å². The van der Waals surface area contributed by atoms with Crippen LogP contribution in [0.4, 0.5) is 0 Å². The molecule has 0 unspecified atom stereocenters. The van der Waals surface area contributed by atoms with Crippen LogP contribution in [0.1, 0.15) is 202 Å². The summed E-state index contributed by atoms with van der Waals surface area (Å²) in [5.41, 5.74) is 4.74. The molecule has 0 aromatic heterocycles. The van der Waals surface area contributed by atoms with E-state index in [-0.39, 0.29) is 35.5 Å². The first kappa shape index (κ1) is 128. The van der Waals surface area contributed by atoms with Crippen molar-refractivity contribution in [1.29, 1.82) is 0 Å². The molecule has 0 N–H and O–H groups in total. The molecule has 0 spiro atoms. The zero-order valence-corrected chi connectivity index (χ0v) is 68.9. The number of ketones is 1. The number of hydrogen-bond acceptors (Lipinski definition) is 6. The average Bonchev–Trinajstić information content (AvgIpc) is 0.880. The smallest absolute Gasteiger partial charge is 0.159 e. The van der Waals surface area contributed by atoms with E-state index < -0.39 is 0 Å². The second-order valence-corrected chi connectivity index (χ2v) is 16.9. The van der Waals surface area contributed by atoms with Crippen molar-refractivity contribution < 1.29 is 28.5 Å². The molecule has 6 nitrogen and oxygen atoms in total. The van der Waals surface area contributed by atoms with Gasteiger partial charge in [0.05, 0.1) is 21.3 Å². The number of aryl methyl sites for hydroxylation is 3. The van der Waals surface area contributed by atoms with E-state index in [1.807, 2.05) is 314 Å².